The molecule has 88 valence electrons. The number of nitrogens with zero attached hydrogens (tertiary/aromatic N) is 1. The summed E-state index contributed by atoms with van der Waals surface area (Å²) in [6.07, 6.45) is 2.85. The Hall–Kier alpha value is -2.23. The lowest BCUT2D eigenvalue weighted by Crippen LogP contribution is -2.19. The van der Waals surface area contributed by atoms with E-state index in [0.717, 1.165) is 17.7 Å². The highest BCUT2D eigenvalue weighted by molar-refractivity contribution is 5.87. The molecule has 0 radical (unpaired) electrons. The van der Waals surface area contributed by atoms with E-state index in [4.69, 9.17) is 5.73 Å². The third-order valence-electron chi connectivity index (χ3n) is 2.63. The number of hydrogen-bond acceptors (Lipinski definition) is 1. The van der Waals surface area contributed by atoms with Gasteiger partial charge in [0.2, 0.25) is 0 Å². The van der Waals surface area contributed by atoms with E-state index in [1.165, 1.54) is 5.69 Å². The van der Waals surface area contributed by atoms with Crippen LogP contribution < -0.4 is 11.1 Å². The molecule has 2 amide bonds. The Morgan fingerprint density at radius 3 is 2.82 bits per heavy atom. The largest absolute Gasteiger partial charge is 0.354 e. The summed E-state index contributed by atoms with van der Waals surface area (Å²) < 4.78 is 2.08. The summed E-state index contributed by atoms with van der Waals surface area (Å²) in [6, 6.07) is 11.2. The van der Waals surface area contributed by atoms with Gasteiger partial charge in [-0.15, -0.1) is 0 Å². The summed E-state index contributed by atoms with van der Waals surface area (Å²) in [5, 5.41) is 2.57. The first-order valence-corrected chi connectivity index (χ1v) is 5.41. The van der Waals surface area contributed by atoms with Crippen LogP contribution >= 0.6 is 0 Å². The van der Waals surface area contributed by atoms with Crippen LogP contribution in [0.25, 0.3) is 0 Å². The van der Waals surface area contributed by atoms with E-state index >= 15 is 0 Å². The number of carbonyl (C=O) groups is 1. The summed E-state index contributed by atoms with van der Waals surface area (Å²) in [5.74, 6) is 0. The fraction of sp³-hybridized carbons (Fsp3) is 0.154. The highest BCUT2D eigenvalue weighted by Crippen LogP contribution is 2.14. The maximum atomic E-state index is 10.8. The molecule has 3 N–H and O–H groups in total. The molecule has 17 heavy (non-hydrogen) atoms. The second kappa shape index (κ2) is 4.74. The number of nitrogens with one attached hydrogen (secondary N) is 1. The number of benzene rings is 1. The van der Waals surface area contributed by atoms with E-state index in [2.05, 4.69) is 16.0 Å². The van der Waals surface area contributed by atoms with Crippen molar-refractivity contribution in [1.29, 1.82) is 0 Å². The molecule has 4 nitrogen and oxygen atoms in total. The fourth-order valence-electron chi connectivity index (χ4n) is 1.79. The van der Waals surface area contributed by atoms with Crippen molar-refractivity contribution in [2.45, 2.75) is 6.42 Å². The van der Waals surface area contributed by atoms with E-state index in [-0.39, 0.29) is 0 Å². The molecule has 1 aromatic heterocycles. The first-order valence-electron chi connectivity index (χ1n) is 5.41. The Morgan fingerprint density at radius 1 is 1.35 bits per heavy atom. The van der Waals surface area contributed by atoms with Gasteiger partial charge in [0.15, 0.2) is 0 Å². The van der Waals surface area contributed by atoms with E-state index < -0.39 is 6.03 Å². The summed E-state index contributed by atoms with van der Waals surface area (Å²) >= 11 is 0. The molecule has 0 aliphatic heterocycles. The summed E-state index contributed by atoms with van der Waals surface area (Å²) in [7, 11) is 2.01. The quantitative estimate of drug-likeness (QED) is 0.832. The zero-order valence-electron chi connectivity index (χ0n) is 9.68. The Kier molecular flexibility index (Phi) is 3.14. The van der Waals surface area contributed by atoms with Crippen LogP contribution in [-0.2, 0) is 13.5 Å². The molecule has 1 heterocycles. The zero-order chi connectivity index (χ0) is 12.3. The molecule has 4 heteroatoms. The van der Waals surface area contributed by atoms with Gasteiger partial charge in [0.1, 0.15) is 0 Å². The SMILES string of the molecule is Cn1cccc1Cc1cccc(NC(N)=O)c1. The minimum Gasteiger partial charge on any atom is -0.354 e. The lowest BCUT2D eigenvalue weighted by Gasteiger charge is -2.06. The number of amides is 2. The normalized spacial score (nSPS) is 10.2. The highest BCUT2D eigenvalue weighted by Gasteiger charge is 2.01. The average molecular weight is 229 g/mol. The van der Waals surface area contributed by atoms with E-state index in [0.29, 0.717) is 0 Å². The number of urea groups is 1. The van der Waals surface area contributed by atoms with Crippen LogP contribution in [0.1, 0.15) is 11.3 Å². The summed E-state index contributed by atoms with van der Waals surface area (Å²) in [5.41, 5.74) is 8.17. The van der Waals surface area contributed by atoms with E-state index in [9.17, 15) is 4.79 Å². The smallest absolute Gasteiger partial charge is 0.316 e. The average Bonchev–Trinajstić information content (AvgIpc) is 2.64. The molecule has 1 aromatic carbocycles. The van der Waals surface area contributed by atoms with Crippen molar-refractivity contribution in [3.05, 3.63) is 53.9 Å². The van der Waals surface area contributed by atoms with Gasteiger partial charge in [-0.05, 0) is 29.8 Å². The minimum absolute atomic E-state index is 0.541. The van der Waals surface area contributed by atoms with Gasteiger partial charge in [-0.1, -0.05) is 12.1 Å². The molecular formula is C13H15N3O. The number of aromatic nitrogens is 1. The summed E-state index contributed by atoms with van der Waals surface area (Å²) in [6.45, 7) is 0. The standard InChI is InChI=1S/C13H15N3O/c1-16-7-3-6-12(16)9-10-4-2-5-11(8-10)15-13(14)17/h2-8H,9H2,1H3,(H3,14,15,17). The molecule has 0 saturated carbocycles. The van der Waals surface area contributed by atoms with Gasteiger partial charge in [-0.2, -0.15) is 0 Å². The first-order chi connectivity index (χ1) is 8.15. The number of rotatable bonds is 3. The van der Waals surface area contributed by atoms with Crippen LogP contribution in [0, 0.1) is 0 Å². The van der Waals surface area contributed by atoms with Gasteiger partial charge in [0.05, 0.1) is 0 Å². The van der Waals surface area contributed by atoms with Gasteiger partial charge < -0.3 is 15.6 Å². The minimum atomic E-state index is -0.541. The number of primary amides is 1. The predicted octanol–water partition coefficient (Wildman–Crippen LogP) is 2.11. The molecule has 0 spiro atoms. The molecule has 0 unspecified atom stereocenters. The zero-order valence-corrected chi connectivity index (χ0v) is 9.68. The molecular weight excluding hydrogens is 214 g/mol. The molecule has 2 aromatic rings. The van der Waals surface area contributed by atoms with Gasteiger partial charge in [0.25, 0.3) is 0 Å². The molecule has 0 bridgehead atoms. The lowest BCUT2D eigenvalue weighted by atomic mass is 10.1. The second-order valence-electron chi connectivity index (χ2n) is 3.98. The molecule has 0 aliphatic carbocycles. The third-order valence-corrected chi connectivity index (χ3v) is 2.63. The van der Waals surface area contributed by atoms with Crippen LogP contribution in [0.15, 0.2) is 42.6 Å². The maximum absolute atomic E-state index is 10.8. The predicted molar refractivity (Wildman–Crippen MR) is 67.9 cm³/mol. The Balaban J connectivity index is 2.16. The van der Waals surface area contributed by atoms with Crippen molar-refractivity contribution in [2.75, 3.05) is 5.32 Å². The monoisotopic (exact) mass is 229 g/mol. The Bertz CT molecular complexity index is 531. The fourth-order valence-corrected chi connectivity index (χ4v) is 1.79. The van der Waals surface area contributed by atoms with Gasteiger partial charge in [-0.3, -0.25) is 0 Å². The third kappa shape index (κ3) is 2.87. The van der Waals surface area contributed by atoms with Gasteiger partial charge in [-0.25, -0.2) is 4.79 Å². The van der Waals surface area contributed by atoms with Crippen molar-refractivity contribution in [1.82, 2.24) is 4.57 Å². The lowest BCUT2D eigenvalue weighted by molar-refractivity contribution is 0.259. The van der Waals surface area contributed by atoms with Crippen LogP contribution in [0.5, 0.6) is 0 Å². The van der Waals surface area contributed by atoms with Gasteiger partial charge in [0, 0.05) is 31.0 Å². The van der Waals surface area contributed by atoms with Crippen LogP contribution in [0.3, 0.4) is 0 Å². The van der Waals surface area contributed by atoms with Crippen LogP contribution in [0.2, 0.25) is 0 Å². The molecule has 2 rings (SSSR count). The second-order valence-corrected chi connectivity index (χ2v) is 3.98. The Labute approximate surface area is 100 Å². The van der Waals surface area contributed by atoms with Crippen LogP contribution in [-0.4, -0.2) is 10.6 Å². The van der Waals surface area contributed by atoms with Gasteiger partial charge >= 0.3 is 6.03 Å². The van der Waals surface area contributed by atoms with Crippen molar-refractivity contribution in [3.8, 4) is 0 Å². The van der Waals surface area contributed by atoms with Crippen LogP contribution in [0.4, 0.5) is 10.5 Å². The summed E-state index contributed by atoms with van der Waals surface area (Å²) in [4.78, 5) is 10.8. The maximum Gasteiger partial charge on any atom is 0.316 e. The van der Waals surface area contributed by atoms with Crippen molar-refractivity contribution >= 4 is 11.7 Å². The first kappa shape index (κ1) is 11.3. The number of carbonyl (C=O) groups excluding carboxylic acids is 1. The van der Waals surface area contributed by atoms with Crippen molar-refractivity contribution in [2.24, 2.45) is 12.8 Å². The number of hydrogen-bond donors (Lipinski definition) is 2. The molecule has 0 saturated heterocycles. The molecule has 0 aliphatic rings. The number of nitrogens with two attached hydrogens (primary N) is 1. The topological polar surface area (TPSA) is 60.1 Å². The molecule has 0 fully saturated rings. The number of anilines is 1. The van der Waals surface area contributed by atoms with Crippen molar-refractivity contribution in [3.63, 3.8) is 0 Å². The van der Waals surface area contributed by atoms with Crippen molar-refractivity contribution < 1.29 is 4.79 Å². The highest BCUT2D eigenvalue weighted by atomic mass is 16.2. The molecule has 0 atom stereocenters. The number of aryl methyl sites for hydroxylation is 1. The van der Waals surface area contributed by atoms with E-state index in [1.54, 1.807) is 0 Å². The van der Waals surface area contributed by atoms with E-state index in [1.807, 2.05) is 43.6 Å². The Morgan fingerprint density at radius 2 is 2.18 bits per heavy atom.